The van der Waals surface area contributed by atoms with Crippen molar-refractivity contribution in [2.75, 3.05) is 6.54 Å². The quantitative estimate of drug-likeness (QED) is 0.924. The number of hydrogen-bond donors (Lipinski definition) is 1. The zero-order valence-electron chi connectivity index (χ0n) is 11.6. The summed E-state index contributed by atoms with van der Waals surface area (Å²) in [5.41, 5.74) is 9.08. The number of rotatable bonds is 4. The van der Waals surface area contributed by atoms with E-state index in [9.17, 15) is 0 Å². The number of nitriles is 1. The molecular weight excluding hydrogens is 250 g/mol. The molecule has 1 aromatic carbocycles. The number of ether oxygens (including phenoxy) is 1. The Morgan fingerprint density at radius 3 is 2.50 bits per heavy atom. The number of nitrogens with two attached hydrogens (primary N) is 1. The highest BCUT2D eigenvalue weighted by Crippen LogP contribution is 2.28. The molecule has 102 valence electrons. The van der Waals surface area contributed by atoms with Crippen LogP contribution in [0.1, 0.15) is 28.5 Å². The van der Waals surface area contributed by atoms with Crippen molar-refractivity contribution in [1.29, 1.82) is 5.26 Å². The molecule has 1 aromatic heterocycles. The number of nitrogens with zero attached hydrogens (tertiary/aromatic N) is 2. The Hall–Kier alpha value is -2.38. The van der Waals surface area contributed by atoms with E-state index in [1.54, 1.807) is 6.20 Å². The summed E-state index contributed by atoms with van der Waals surface area (Å²) in [6.07, 6.45) is 1.43. The molecule has 1 unspecified atom stereocenters. The number of aromatic nitrogens is 1. The molecule has 0 spiro atoms. The van der Waals surface area contributed by atoms with Gasteiger partial charge in [0.25, 0.3) is 0 Å². The van der Waals surface area contributed by atoms with E-state index in [0.717, 1.165) is 22.6 Å². The molecule has 0 bridgehead atoms. The minimum Gasteiger partial charge on any atom is -0.482 e. The molecule has 4 nitrogen and oxygen atoms in total. The highest BCUT2D eigenvalue weighted by molar-refractivity contribution is 5.47. The first-order valence-electron chi connectivity index (χ1n) is 6.44. The lowest BCUT2D eigenvalue weighted by Gasteiger charge is -2.20. The fraction of sp³-hybridized carbons (Fsp3) is 0.250. The van der Waals surface area contributed by atoms with Crippen LogP contribution < -0.4 is 10.5 Å². The van der Waals surface area contributed by atoms with Gasteiger partial charge in [0.2, 0.25) is 0 Å². The van der Waals surface area contributed by atoms with E-state index in [4.69, 9.17) is 15.7 Å². The lowest BCUT2D eigenvalue weighted by molar-refractivity contribution is 0.206. The van der Waals surface area contributed by atoms with Gasteiger partial charge in [-0.15, -0.1) is 0 Å². The SMILES string of the molecule is Cc1cc(C#N)cc(C)c1OC(CN)c1ccccn1. The molecule has 0 saturated heterocycles. The summed E-state index contributed by atoms with van der Waals surface area (Å²) in [4.78, 5) is 4.28. The zero-order chi connectivity index (χ0) is 14.5. The van der Waals surface area contributed by atoms with Crippen LogP contribution in [0.5, 0.6) is 5.75 Å². The van der Waals surface area contributed by atoms with Crippen LogP contribution in [-0.4, -0.2) is 11.5 Å². The molecule has 0 radical (unpaired) electrons. The maximum atomic E-state index is 8.96. The van der Waals surface area contributed by atoms with Crippen molar-refractivity contribution < 1.29 is 4.74 Å². The fourth-order valence-corrected chi connectivity index (χ4v) is 2.14. The first-order chi connectivity index (χ1) is 9.65. The van der Waals surface area contributed by atoms with Crippen molar-refractivity contribution in [2.45, 2.75) is 20.0 Å². The predicted molar refractivity (Wildman–Crippen MR) is 77.3 cm³/mol. The van der Waals surface area contributed by atoms with Crippen LogP contribution in [0, 0.1) is 25.2 Å². The summed E-state index contributed by atoms with van der Waals surface area (Å²) in [6, 6.07) is 11.4. The molecule has 2 N–H and O–H groups in total. The van der Waals surface area contributed by atoms with Gasteiger partial charge in [0, 0.05) is 12.7 Å². The normalized spacial score (nSPS) is 11.7. The summed E-state index contributed by atoms with van der Waals surface area (Å²) >= 11 is 0. The molecule has 0 aliphatic rings. The Kier molecular flexibility index (Phi) is 4.34. The van der Waals surface area contributed by atoms with Crippen molar-refractivity contribution in [3.05, 3.63) is 58.9 Å². The summed E-state index contributed by atoms with van der Waals surface area (Å²) in [7, 11) is 0. The van der Waals surface area contributed by atoms with Gasteiger partial charge in [-0.05, 0) is 49.2 Å². The third-order valence-electron chi connectivity index (χ3n) is 3.08. The highest BCUT2D eigenvalue weighted by Gasteiger charge is 2.16. The molecule has 2 aromatic rings. The first-order valence-corrected chi connectivity index (χ1v) is 6.44. The van der Waals surface area contributed by atoms with Crippen LogP contribution >= 0.6 is 0 Å². The number of benzene rings is 1. The van der Waals surface area contributed by atoms with Gasteiger partial charge in [0.05, 0.1) is 17.3 Å². The van der Waals surface area contributed by atoms with Gasteiger partial charge in [-0.25, -0.2) is 0 Å². The lowest BCUT2D eigenvalue weighted by atomic mass is 10.1. The number of pyridine rings is 1. The zero-order valence-corrected chi connectivity index (χ0v) is 11.6. The molecule has 1 atom stereocenters. The van der Waals surface area contributed by atoms with Crippen molar-refractivity contribution in [3.8, 4) is 11.8 Å². The van der Waals surface area contributed by atoms with Crippen molar-refractivity contribution in [3.63, 3.8) is 0 Å². The van der Waals surface area contributed by atoms with E-state index >= 15 is 0 Å². The third-order valence-corrected chi connectivity index (χ3v) is 3.08. The summed E-state index contributed by atoms with van der Waals surface area (Å²) < 4.78 is 6.01. The maximum Gasteiger partial charge on any atom is 0.153 e. The molecule has 0 aliphatic heterocycles. The molecule has 1 heterocycles. The highest BCUT2D eigenvalue weighted by atomic mass is 16.5. The number of aryl methyl sites for hydroxylation is 2. The number of hydrogen-bond acceptors (Lipinski definition) is 4. The Morgan fingerprint density at radius 2 is 2.00 bits per heavy atom. The predicted octanol–water partition coefficient (Wildman–Crippen LogP) is 2.65. The topological polar surface area (TPSA) is 71.9 Å². The Balaban J connectivity index is 2.32. The van der Waals surface area contributed by atoms with Gasteiger partial charge < -0.3 is 10.5 Å². The molecule has 0 amide bonds. The molecule has 2 rings (SSSR count). The largest absolute Gasteiger partial charge is 0.482 e. The summed E-state index contributed by atoms with van der Waals surface area (Å²) in [5.74, 6) is 0.769. The van der Waals surface area contributed by atoms with E-state index in [2.05, 4.69) is 11.1 Å². The second-order valence-corrected chi connectivity index (χ2v) is 4.65. The molecule has 0 saturated carbocycles. The van der Waals surface area contributed by atoms with Gasteiger partial charge in [0.1, 0.15) is 5.75 Å². The molecule has 0 aliphatic carbocycles. The smallest absolute Gasteiger partial charge is 0.153 e. The summed E-state index contributed by atoms with van der Waals surface area (Å²) in [6.45, 7) is 4.19. The van der Waals surface area contributed by atoms with Crippen molar-refractivity contribution in [1.82, 2.24) is 4.98 Å². The van der Waals surface area contributed by atoms with E-state index in [0.29, 0.717) is 12.1 Å². The van der Waals surface area contributed by atoms with E-state index in [1.165, 1.54) is 0 Å². The monoisotopic (exact) mass is 267 g/mol. The van der Waals surface area contributed by atoms with Crippen LogP contribution in [-0.2, 0) is 0 Å². The van der Waals surface area contributed by atoms with Gasteiger partial charge in [-0.2, -0.15) is 5.26 Å². The second-order valence-electron chi connectivity index (χ2n) is 4.65. The van der Waals surface area contributed by atoms with Crippen LogP contribution in [0.4, 0.5) is 0 Å². The first kappa shape index (κ1) is 14.0. The fourth-order valence-electron chi connectivity index (χ4n) is 2.14. The minimum atomic E-state index is -0.290. The van der Waals surface area contributed by atoms with Crippen LogP contribution in [0.3, 0.4) is 0 Å². The van der Waals surface area contributed by atoms with Crippen molar-refractivity contribution >= 4 is 0 Å². The Morgan fingerprint density at radius 1 is 1.30 bits per heavy atom. The van der Waals surface area contributed by atoms with E-state index in [1.807, 2.05) is 44.2 Å². The summed E-state index contributed by atoms with van der Waals surface area (Å²) in [5, 5.41) is 8.96. The molecule has 20 heavy (non-hydrogen) atoms. The Labute approximate surface area is 118 Å². The Bertz CT molecular complexity index is 609. The van der Waals surface area contributed by atoms with Gasteiger partial charge in [-0.3, -0.25) is 4.98 Å². The van der Waals surface area contributed by atoms with E-state index < -0.39 is 0 Å². The lowest BCUT2D eigenvalue weighted by Crippen LogP contribution is -2.20. The van der Waals surface area contributed by atoms with Gasteiger partial charge in [0.15, 0.2) is 6.10 Å². The van der Waals surface area contributed by atoms with Gasteiger partial charge >= 0.3 is 0 Å². The molecular formula is C16H17N3O. The molecule has 4 heteroatoms. The minimum absolute atomic E-state index is 0.290. The maximum absolute atomic E-state index is 8.96. The van der Waals surface area contributed by atoms with Gasteiger partial charge in [-0.1, -0.05) is 6.07 Å². The van der Waals surface area contributed by atoms with Crippen molar-refractivity contribution in [2.24, 2.45) is 5.73 Å². The average molecular weight is 267 g/mol. The van der Waals surface area contributed by atoms with Crippen LogP contribution in [0.15, 0.2) is 36.5 Å². The standard InChI is InChI=1S/C16H17N3O/c1-11-7-13(9-17)8-12(2)16(11)20-15(10-18)14-5-3-4-6-19-14/h3-8,15H,10,18H2,1-2H3. The van der Waals surface area contributed by atoms with E-state index in [-0.39, 0.29) is 6.10 Å². The van der Waals surface area contributed by atoms with Crippen LogP contribution in [0.25, 0.3) is 0 Å². The third kappa shape index (κ3) is 2.95. The van der Waals surface area contributed by atoms with Crippen LogP contribution in [0.2, 0.25) is 0 Å². The second kappa shape index (κ2) is 6.18. The molecule has 0 fully saturated rings. The average Bonchev–Trinajstić information content (AvgIpc) is 2.47.